The standard InChI is InChI=1S/C24H26N8O/c1-17-18(2)31(16-27-17)23-13-22(25-15-26-23)29-9-11-30(12-10-29)24(33)21-14-28-32(19(21)3)20-7-5-4-6-8-20/h4-8,13-16H,9-12H2,1-3H3. The van der Waals surface area contributed by atoms with E-state index in [0.717, 1.165) is 34.4 Å². The molecule has 3 aromatic heterocycles. The summed E-state index contributed by atoms with van der Waals surface area (Å²) >= 11 is 0. The highest BCUT2D eigenvalue weighted by Gasteiger charge is 2.26. The van der Waals surface area contributed by atoms with Crippen LogP contribution in [0.1, 0.15) is 27.4 Å². The number of amides is 1. The Bertz CT molecular complexity index is 1290. The zero-order valence-corrected chi connectivity index (χ0v) is 19.0. The number of aromatic nitrogens is 6. The summed E-state index contributed by atoms with van der Waals surface area (Å²) in [6.07, 6.45) is 5.03. The van der Waals surface area contributed by atoms with Crippen molar-refractivity contribution in [2.24, 2.45) is 0 Å². The second-order valence-electron chi connectivity index (χ2n) is 8.19. The van der Waals surface area contributed by atoms with E-state index in [1.807, 2.05) is 71.3 Å². The number of para-hydroxylation sites is 1. The van der Waals surface area contributed by atoms with Crippen LogP contribution in [0.3, 0.4) is 0 Å². The third kappa shape index (κ3) is 3.86. The molecular weight excluding hydrogens is 416 g/mol. The fraction of sp³-hybridized carbons (Fsp3) is 0.292. The second kappa shape index (κ2) is 8.50. The molecule has 33 heavy (non-hydrogen) atoms. The van der Waals surface area contributed by atoms with Crippen LogP contribution in [-0.2, 0) is 0 Å². The third-order valence-corrected chi connectivity index (χ3v) is 6.27. The highest BCUT2D eigenvalue weighted by Crippen LogP contribution is 2.20. The number of anilines is 1. The largest absolute Gasteiger partial charge is 0.353 e. The van der Waals surface area contributed by atoms with Crippen LogP contribution >= 0.6 is 0 Å². The first-order chi connectivity index (χ1) is 16.0. The van der Waals surface area contributed by atoms with Crippen molar-refractivity contribution in [2.45, 2.75) is 20.8 Å². The molecule has 4 heterocycles. The van der Waals surface area contributed by atoms with Gasteiger partial charge in [-0.1, -0.05) is 18.2 Å². The molecule has 0 N–H and O–H groups in total. The SMILES string of the molecule is Cc1ncn(-c2cc(N3CCN(C(=O)c4cnn(-c5ccccc5)c4C)CC3)ncn2)c1C. The lowest BCUT2D eigenvalue weighted by molar-refractivity contribution is 0.0745. The van der Waals surface area contributed by atoms with Gasteiger partial charge in [0.1, 0.15) is 24.3 Å². The molecule has 5 rings (SSSR count). The molecule has 1 aliphatic heterocycles. The molecule has 1 saturated heterocycles. The van der Waals surface area contributed by atoms with Gasteiger partial charge in [-0.25, -0.2) is 19.6 Å². The van der Waals surface area contributed by atoms with E-state index in [4.69, 9.17) is 0 Å². The van der Waals surface area contributed by atoms with Gasteiger partial charge in [0, 0.05) is 37.9 Å². The first-order valence-electron chi connectivity index (χ1n) is 11.0. The average Bonchev–Trinajstić information content (AvgIpc) is 3.41. The van der Waals surface area contributed by atoms with Gasteiger partial charge in [-0.15, -0.1) is 0 Å². The smallest absolute Gasteiger partial charge is 0.257 e. The highest BCUT2D eigenvalue weighted by molar-refractivity contribution is 5.95. The molecule has 1 aliphatic rings. The first-order valence-corrected chi connectivity index (χ1v) is 11.0. The zero-order valence-electron chi connectivity index (χ0n) is 19.0. The number of hydrogen-bond donors (Lipinski definition) is 0. The molecule has 0 saturated carbocycles. The van der Waals surface area contributed by atoms with Crippen molar-refractivity contribution in [1.29, 1.82) is 0 Å². The summed E-state index contributed by atoms with van der Waals surface area (Å²) in [4.78, 5) is 30.5. The number of aryl methyl sites for hydroxylation is 1. The van der Waals surface area contributed by atoms with E-state index >= 15 is 0 Å². The van der Waals surface area contributed by atoms with Crippen LogP contribution in [0.15, 0.2) is 55.2 Å². The van der Waals surface area contributed by atoms with Gasteiger partial charge in [-0.2, -0.15) is 5.10 Å². The van der Waals surface area contributed by atoms with Crippen molar-refractivity contribution >= 4 is 11.7 Å². The molecule has 1 amide bonds. The van der Waals surface area contributed by atoms with Gasteiger partial charge in [0.25, 0.3) is 5.91 Å². The van der Waals surface area contributed by atoms with Gasteiger partial charge in [-0.05, 0) is 32.9 Å². The maximum atomic E-state index is 13.2. The molecule has 9 nitrogen and oxygen atoms in total. The highest BCUT2D eigenvalue weighted by atomic mass is 16.2. The molecular formula is C24H26N8O. The Morgan fingerprint density at radius 2 is 1.61 bits per heavy atom. The number of carbonyl (C=O) groups is 1. The molecule has 1 fully saturated rings. The Balaban J connectivity index is 1.28. The predicted molar refractivity (Wildman–Crippen MR) is 125 cm³/mol. The van der Waals surface area contributed by atoms with Crippen molar-refractivity contribution in [2.75, 3.05) is 31.1 Å². The molecule has 0 radical (unpaired) electrons. The van der Waals surface area contributed by atoms with E-state index in [1.54, 1.807) is 18.9 Å². The Labute approximate surface area is 192 Å². The lowest BCUT2D eigenvalue weighted by atomic mass is 10.2. The number of rotatable bonds is 4. The maximum Gasteiger partial charge on any atom is 0.257 e. The number of carbonyl (C=O) groups excluding carboxylic acids is 1. The number of benzene rings is 1. The van der Waals surface area contributed by atoms with Crippen LogP contribution in [-0.4, -0.2) is 66.3 Å². The second-order valence-corrected chi connectivity index (χ2v) is 8.19. The number of hydrogen-bond acceptors (Lipinski definition) is 6. The van der Waals surface area contributed by atoms with E-state index in [-0.39, 0.29) is 5.91 Å². The summed E-state index contributed by atoms with van der Waals surface area (Å²) in [6, 6.07) is 11.8. The summed E-state index contributed by atoms with van der Waals surface area (Å²) in [5, 5.41) is 4.45. The van der Waals surface area contributed by atoms with Crippen LogP contribution in [0.4, 0.5) is 5.82 Å². The Kier molecular flexibility index (Phi) is 5.37. The van der Waals surface area contributed by atoms with Crippen LogP contribution in [0.5, 0.6) is 0 Å². The maximum absolute atomic E-state index is 13.2. The van der Waals surface area contributed by atoms with Gasteiger partial charge < -0.3 is 9.80 Å². The minimum absolute atomic E-state index is 0.0159. The lowest BCUT2D eigenvalue weighted by Crippen LogP contribution is -2.49. The van der Waals surface area contributed by atoms with Crippen LogP contribution in [0, 0.1) is 20.8 Å². The Morgan fingerprint density at radius 1 is 0.879 bits per heavy atom. The van der Waals surface area contributed by atoms with E-state index in [1.165, 1.54) is 0 Å². The molecule has 0 spiro atoms. The monoisotopic (exact) mass is 442 g/mol. The van der Waals surface area contributed by atoms with Crippen LogP contribution in [0.25, 0.3) is 11.5 Å². The molecule has 0 aliphatic carbocycles. The normalized spacial score (nSPS) is 14.0. The molecule has 168 valence electrons. The number of imidazole rings is 1. The Morgan fingerprint density at radius 3 is 2.30 bits per heavy atom. The van der Waals surface area contributed by atoms with Gasteiger partial charge >= 0.3 is 0 Å². The number of nitrogens with zero attached hydrogens (tertiary/aromatic N) is 8. The van der Waals surface area contributed by atoms with E-state index in [2.05, 4.69) is 25.0 Å². The summed E-state index contributed by atoms with van der Waals surface area (Å²) in [7, 11) is 0. The molecule has 9 heteroatoms. The molecule has 1 aromatic carbocycles. The molecule has 4 aromatic rings. The summed E-state index contributed by atoms with van der Waals surface area (Å²) in [6.45, 7) is 8.60. The van der Waals surface area contributed by atoms with Crippen molar-refractivity contribution in [3.8, 4) is 11.5 Å². The fourth-order valence-corrected chi connectivity index (χ4v) is 4.13. The average molecular weight is 443 g/mol. The first kappa shape index (κ1) is 20.9. The minimum atomic E-state index is 0.0159. The topological polar surface area (TPSA) is 85.0 Å². The molecule has 0 unspecified atom stereocenters. The van der Waals surface area contributed by atoms with Gasteiger partial charge in [0.15, 0.2) is 0 Å². The summed E-state index contributed by atoms with van der Waals surface area (Å²) in [5.41, 5.74) is 4.47. The molecule has 0 bridgehead atoms. The quantitative estimate of drug-likeness (QED) is 0.483. The van der Waals surface area contributed by atoms with Crippen LogP contribution < -0.4 is 4.90 Å². The zero-order chi connectivity index (χ0) is 22.9. The van der Waals surface area contributed by atoms with E-state index in [9.17, 15) is 4.79 Å². The van der Waals surface area contributed by atoms with Crippen molar-refractivity contribution < 1.29 is 4.79 Å². The summed E-state index contributed by atoms with van der Waals surface area (Å²) in [5.74, 6) is 1.66. The van der Waals surface area contributed by atoms with Crippen molar-refractivity contribution in [1.82, 2.24) is 34.2 Å². The predicted octanol–water partition coefficient (Wildman–Crippen LogP) is 2.74. The minimum Gasteiger partial charge on any atom is -0.353 e. The van der Waals surface area contributed by atoms with Crippen molar-refractivity contribution in [3.63, 3.8) is 0 Å². The van der Waals surface area contributed by atoms with Crippen LogP contribution in [0.2, 0.25) is 0 Å². The van der Waals surface area contributed by atoms with Gasteiger partial charge in [-0.3, -0.25) is 9.36 Å². The fourth-order valence-electron chi connectivity index (χ4n) is 4.13. The third-order valence-electron chi connectivity index (χ3n) is 6.27. The summed E-state index contributed by atoms with van der Waals surface area (Å²) < 4.78 is 3.78. The van der Waals surface area contributed by atoms with E-state index in [0.29, 0.717) is 31.7 Å². The van der Waals surface area contributed by atoms with E-state index < -0.39 is 0 Å². The van der Waals surface area contributed by atoms with Crippen molar-refractivity contribution in [3.05, 3.63) is 77.9 Å². The lowest BCUT2D eigenvalue weighted by Gasteiger charge is -2.35. The molecule has 0 atom stereocenters. The number of piperazine rings is 1. The van der Waals surface area contributed by atoms with Gasteiger partial charge in [0.05, 0.1) is 28.8 Å². The van der Waals surface area contributed by atoms with Gasteiger partial charge in [0.2, 0.25) is 0 Å². The Hall–Kier alpha value is -4.01.